The first kappa shape index (κ1) is 21.6. The van der Waals surface area contributed by atoms with E-state index in [4.69, 9.17) is 9.47 Å². The highest BCUT2D eigenvalue weighted by Crippen LogP contribution is 2.28. The van der Waals surface area contributed by atoms with Gasteiger partial charge >= 0.3 is 0 Å². The lowest BCUT2D eigenvalue weighted by Crippen LogP contribution is -2.42. The summed E-state index contributed by atoms with van der Waals surface area (Å²) in [6.45, 7) is 1.04. The van der Waals surface area contributed by atoms with E-state index in [1.165, 1.54) is 4.31 Å². The lowest BCUT2D eigenvalue weighted by molar-refractivity contribution is 0.0999. The van der Waals surface area contributed by atoms with E-state index in [9.17, 15) is 13.5 Å². The highest BCUT2D eigenvalue weighted by molar-refractivity contribution is 7.89. The molecule has 158 valence electrons. The van der Waals surface area contributed by atoms with E-state index >= 15 is 0 Å². The van der Waals surface area contributed by atoms with Crippen LogP contribution < -0.4 is 9.47 Å². The van der Waals surface area contributed by atoms with Gasteiger partial charge in [0, 0.05) is 19.6 Å². The number of rotatable bonds is 8. The summed E-state index contributed by atoms with van der Waals surface area (Å²) in [6, 6.07) is 13.9. The molecule has 0 saturated carbocycles. The maximum Gasteiger partial charge on any atom is 0.243 e. The zero-order valence-corrected chi connectivity index (χ0v) is 17.8. The molecular formula is C21H28N2O5S. The molecule has 29 heavy (non-hydrogen) atoms. The van der Waals surface area contributed by atoms with Crippen LogP contribution in [-0.4, -0.2) is 75.8 Å². The molecule has 0 spiro atoms. The molecule has 0 aromatic heterocycles. The Morgan fingerprint density at radius 2 is 1.76 bits per heavy atom. The lowest BCUT2D eigenvalue weighted by Gasteiger charge is -2.26. The van der Waals surface area contributed by atoms with Crippen LogP contribution in [-0.2, 0) is 16.4 Å². The number of likely N-dealkylation sites (N-methyl/N-ethyl adjacent to an activating group) is 1. The van der Waals surface area contributed by atoms with Gasteiger partial charge in [0.1, 0.15) is 0 Å². The summed E-state index contributed by atoms with van der Waals surface area (Å²) in [4.78, 5) is 2.27. The van der Waals surface area contributed by atoms with Crippen LogP contribution in [0.4, 0.5) is 0 Å². The molecule has 2 atom stereocenters. The smallest absolute Gasteiger partial charge is 0.243 e. The van der Waals surface area contributed by atoms with Crippen molar-refractivity contribution in [1.82, 2.24) is 9.21 Å². The second kappa shape index (κ2) is 9.13. The van der Waals surface area contributed by atoms with Gasteiger partial charge in [0.2, 0.25) is 10.0 Å². The number of sulfonamides is 1. The van der Waals surface area contributed by atoms with Crippen molar-refractivity contribution in [2.75, 3.05) is 40.9 Å². The molecule has 3 rings (SSSR count). The molecule has 0 aliphatic carbocycles. The van der Waals surface area contributed by atoms with Gasteiger partial charge < -0.3 is 14.6 Å². The van der Waals surface area contributed by atoms with Gasteiger partial charge in [-0.3, -0.25) is 4.90 Å². The molecule has 1 fully saturated rings. The highest BCUT2D eigenvalue weighted by Gasteiger charge is 2.40. The van der Waals surface area contributed by atoms with E-state index in [1.54, 1.807) is 44.6 Å². The second-order valence-corrected chi connectivity index (χ2v) is 9.13. The van der Waals surface area contributed by atoms with Crippen molar-refractivity contribution in [2.24, 2.45) is 0 Å². The predicted molar refractivity (Wildman–Crippen MR) is 111 cm³/mol. The molecule has 2 aromatic rings. The Balaban J connectivity index is 1.64. The number of hydrogen-bond acceptors (Lipinski definition) is 6. The van der Waals surface area contributed by atoms with Crippen LogP contribution in [0.25, 0.3) is 0 Å². The van der Waals surface area contributed by atoms with Gasteiger partial charge in [0.25, 0.3) is 0 Å². The van der Waals surface area contributed by atoms with Crippen LogP contribution >= 0.6 is 0 Å². The quantitative estimate of drug-likeness (QED) is 0.699. The zero-order valence-electron chi connectivity index (χ0n) is 17.0. The number of ether oxygens (including phenoxy) is 2. The highest BCUT2D eigenvalue weighted by atomic mass is 32.2. The van der Waals surface area contributed by atoms with Crippen molar-refractivity contribution in [3.63, 3.8) is 0 Å². The Morgan fingerprint density at radius 1 is 1.07 bits per heavy atom. The van der Waals surface area contributed by atoms with Gasteiger partial charge in [-0.15, -0.1) is 0 Å². The normalized spacial score (nSPS) is 20.2. The summed E-state index contributed by atoms with van der Waals surface area (Å²) in [7, 11) is 1.51. The Kier molecular flexibility index (Phi) is 6.79. The van der Waals surface area contributed by atoms with Crippen LogP contribution in [0.15, 0.2) is 53.4 Å². The number of methoxy groups -OCH3 is 2. The molecule has 0 bridgehead atoms. The summed E-state index contributed by atoms with van der Waals surface area (Å²) in [5, 5.41) is 10.5. The maximum absolute atomic E-state index is 12.8. The molecule has 0 unspecified atom stereocenters. The van der Waals surface area contributed by atoms with E-state index < -0.39 is 16.1 Å². The minimum atomic E-state index is -3.61. The first-order valence-corrected chi connectivity index (χ1v) is 10.9. The molecule has 1 aliphatic rings. The number of benzene rings is 2. The third kappa shape index (κ3) is 4.72. The molecule has 1 N–H and O–H groups in total. The van der Waals surface area contributed by atoms with Crippen LogP contribution in [0.1, 0.15) is 5.56 Å². The monoisotopic (exact) mass is 420 g/mol. The van der Waals surface area contributed by atoms with Gasteiger partial charge in [-0.25, -0.2) is 8.42 Å². The van der Waals surface area contributed by atoms with Crippen LogP contribution in [0.2, 0.25) is 0 Å². The van der Waals surface area contributed by atoms with Crippen molar-refractivity contribution < 1.29 is 23.0 Å². The van der Waals surface area contributed by atoms with Gasteiger partial charge in [0.05, 0.1) is 31.3 Å². The summed E-state index contributed by atoms with van der Waals surface area (Å²) >= 11 is 0. The first-order chi connectivity index (χ1) is 13.9. The van der Waals surface area contributed by atoms with E-state index in [0.29, 0.717) is 18.0 Å². The van der Waals surface area contributed by atoms with Crippen molar-refractivity contribution >= 4 is 10.0 Å². The Hall–Kier alpha value is -2.13. The van der Waals surface area contributed by atoms with Gasteiger partial charge in [-0.05, 0) is 43.3 Å². The van der Waals surface area contributed by atoms with Gasteiger partial charge in [-0.2, -0.15) is 4.31 Å². The van der Waals surface area contributed by atoms with E-state index in [0.717, 1.165) is 12.0 Å². The van der Waals surface area contributed by atoms with Gasteiger partial charge in [0.15, 0.2) is 11.5 Å². The van der Waals surface area contributed by atoms with Crippen molar-refractivity contribution in [3.8, 4) is 11.5 Å². The fraction of sp³-hybridized carbons (Fsp3) is 0.429. The molecule has 2 aromatic carbocycles. The molecule has 1 heterocycles. The molecule has 8 heteroatoms. The third-order valence-corrected chi connectivity index (χ3v) is 7.22. The summed E-state index contributed by atoms with van der Waals surface area (Å²) in [6.07, 6.45) is 0.00907. The molecule has 0 radical (unpaired) electrons. The zero-order chi connectivity index (χ0) is 21.0. The fourth-order valence-electron chi connectivity index (χ4n) is 3.61. The van der Waals surface area contributed by atoms with Crippen molar-refractivity contribution in [3.05, 3.63) is 54.1 Å². The topological polar surface area (TPSA) is 79.3 Å². The average molecular weight is 421 g/mol. The Morgan fingerprint density at radius 3 is 2.41 bits per heavy atom. The minimum Gasteiger partial charge on any atom is -0.493 e. The summed E-state index contributed by atoms with van der Waals surface area (Å²) < 4.78 is 37.6. The van der Waals surface area contributed by atoms with Crippen molar-refractivity contribution in [1.29, 1.82) is 0 Å². The van der Waals surface area contributed by atoms with E-state index in [1.807, 2.05) is 30.1 Å². The van der Waals surface area contributed by atoms with Crippen LogP contribution in [0.5, 0.6) is 11.5 Å². The maximum atomic E-state index is 12.8. The summed E-state index contributed by atoms with van der Waals surface area (Å²) in [5.41, 5.74) is 1.08. The second-order valence-electron chi connectivity index (χ2n) is 7.19. The van der Waals surface area contributed by atoms with Crippen molar-refractivity contribution in [2.45, 2.75) is 23.5 Å². The lowest BCUT2D eigenvalue weighted by atomic mass is 10.1. The number of β-amino-alcohol motifs (C(OH)–C–C–N with tert-alkyl or cyclic N) is 1. The SMILES string of the molecule is COc1ccc(CCN(C)[C@@H]2CN(S(=O)(=O)c3ccccc3)C[C@H]2O)cc1OC. The van der Waals surface area contributed by atoms with Crippen LogP contribution in [0.3, 0.4) is 0 Å². The van der Waals surface area contributed by atoms with Crippen LogP contribution in [0, 0.1) is 0 Å². The van der Waals surface area contributed by atoms with E-state index in [2.05, 4.69) is 0 Å². The van der Waals surface area contributed by atoms with E-state index in [-0.39, 0.29) is 24.0 Å². The number of aliphatic hydroxyl groups excluding tert-OH is 1. The number of aliphatic hydroxyl groups is 1. The molecule has 1 saturated heterocycles. The minimum absolute atomic E-state index is 0.0998. The fourth-order valence-corrected chi connectivity index (χ4v) is 5.11. The first-order valence-electron chi connectivity index (χ1n) is 9.51. The molecule has 7 nitrogen and oxygen atoms in total. The van der Waals surface area contributed by atoms with Gasteiger partial charge in [-0.1, -0.05) is 24.3 Å². The molecule has 0 amide bonds. The molecule has 1 aliphatic heterocycles. The Bertz CT molecular complexity index is 920. The largest absolute Gasteiger partial charge is 0.493 e. The predicted octanol–water partition coefficient (Wildman–Crippen LogP) is 1.61. The molecular weight excluding hydrogens is 392 g/mol. The average Bonchev–Trinajstić information content (AvgIpc) is 3.15. The third-order valence-electron chi connectivity index (χ3n) is 5.37. The number of hydrogen-bond donors (Lipinski definition) is 1. The Labute approximate surface area is 172 Å². The standard InChI is InChI=1S/C21H28N2O5S/c1-22(12-11-16-9-10-20(27-2)21(13-16)28-3)18-14-23(15-19(18)24)29(25,26)17-7-5-4-6-8-17/h4-10,13,18-19,24H,11-12,14-15H2,1-3H3/t18-,19-/m1/s1. The number of nitrogens with zero attached hydrogens (tertiary/aromatic N) is 2. The summed E-state index contributed by atoms with van der Waals surface area (Å²) in [5.74, 6) is 1.35.